The van der Waals surface area contributed by atoms with Gasteiger partial charge in [0.15, 0.2) is 0 Å². The van der Waals surface area contributed by atoms with Gasteiger partial charge in [-0.3, -0.25) is 4.79 Å². The minimum absolute atomic E-state index is 0.282. The Morgan fingerprint density at radius 3 is 2.67 bits per heavy atom. The van der Waals surface area contributed by atoms with Crippen LogP contribution in [0.15, 0.2) is 54.7 Å². The van der Waals surface area contributed by atoms with Gasteiger partial charge >= 0.3 is 0 Å². The van der Waals surface area contributed by atoms with E-state index in [0.717, 1.165) is 10.8 Å². The van der Waals surface area contributed by atoms with E-state index in [0.29, 0.717) is 17.3 Å². The molecule has 1 aromatic carbocycles. The average Bonchev–Trinajstić information content (AvgIpc) is 2.54. The Morgan fingerprint density at radius 1 is 1.10 bits per heavy atom. The Bertz CT molecular complexity index is 787. The molecule has 0 unspecified atom stereocenters. The van der Waals surface area contributed by atoms with Crippen molar-refractivity contribution in [3.63, 3.8) is 0 Å². The van der Waals surface area contributed by atoms with E-state index in [1.54, 1.807) is 31.4 Å². The number of carbonyl (C=O) groups is 1. The zero-order valence-corrected chi connectivity index (χ0v) is 11.5. The number of amides is 1. The van der Waals surface area contributed by atoms with Gasteiger partial charge in [-0.25, -0.2) is 9.97 Å². The second kappa shape index (κ2) is 5.58. The zero-order chi connectivity index (χ0) is 14.7. The monoisotopic (exact) mass is 278 g/mol. The molecule has 2 aromatic heterocycles. The predicted molar refractivity (Wildman–Crippen MR) is 83.5 cm³/mol. The van der Waals surface area contributed by atoms with Crippen LogP contribution < -0.4 is 10.6 Å². The molecular formula is C16H14N4O. The van der Waals surface area contributed by atoms with Crippen molar-refractivity contribution in [1.29, 1.82) is 0 Å². The summed E-state index contributed by atoms with van der Waals surface area (Å²) in [5, 5.41) is 7.70. The summed E-state index contributed by atoms with van der Waals surface area (Å²) in [5.74, 6) is 0.902. The quantitative estimate of drug-likeness (QED) is 0.773. The number of pyridine rings is 2. The Labute approximate surface area is 122 Å². The fraction of sp³-hybridized carbons (Fsp3) is 0.0625. The van der Waals surface area contributed by atoms with Crippen molar-refractivity contribution in [2.24, 2.45) is 0 Å². The third-order valence-electron chi connectivity index (χ3n) is 3.12. The fourth-order valence-corrected chi connectivity index (χ4v) is 2.12. The lowest BCUT2D eigenvalue weighted by Gasteiger charge is -2.09. The van der Waals surface area contributed by atoms with E-state index in [9.17, 15) is 4.79 Å². The lowest BCUT2D eigenvalue weighted by Crippen LogP contribution is -2.15. The van der Waals surface area contributed by atoms with E-state index in [2.05, 4.69) is 20.6 Å². The van der Waals surface area contributed by atoms with Crippen LogP contribution in [0.3, 0.4) is 0 Å². The van der Waals surface area contributed by atoms with Crippen molar-refractivity contribution in [2.75, 3.05) is 17.7 Å². The number of nitrogens with one attached hydrogen (secondary N) is 2. The molecule has 0 saturated carbocycles. The third-order valence-corrected chi connectivity index (χ3v) is 3.12. The van der Waals surface area contributed by atoms with E-state index >= 15 is 0 Å². The molecule has 1 amide bonds. The SMILES string of the molecule is CNc1nc(C(=O)Nc2ccccn2)cc2ccccc12. The Kier molecular flexibility index (Phi) is 3.47. The molecule has 0 aliphatic carbocycles. The van der Waals surface area contributed by atoms with Crippen LogP contribution in [-0.2, 0) is 0 Å². The molecule has 2 N–H and O–H groups in total. The number of aromatic nitrogens is 2. The highest BCUT2D eigenvalue weighted by Crippen LogP contribution is 2.22. The number of nitrogens with zero attached hydrogens (tertiary/aromatic N) is 2. The highest BCUT2D eigenvalue weighted by Gasteiger charge is 2.12. The summed E-state index contributed by atoms with van der Waals surface area (Å²) in [7, 11) is 1.79. The van der Waals surface area contributed by atoms with Crippen molar-refractivity contribution >= 4 is 28.3 Å². The Hall–Kier alpha value is -2.95. The summed E-state index contributed by atoms with van der Waals surface area (Å²) in [5.41, 5.74) is 0.351. The molecular weight excluding hydrogens is 264 g/mol. The van der Waals surface area contributed by atoms with Gasteiger partial charge in [0, 0.05) is 18.6 Å². The molecule has 0 saturated heterocycles. The third kappa shape index (κ3) is 2.67. The van der Waals surface area contributed by atoms with Gasteiger partial charge in [-0.05, 0) is 23.6 Å². The number of carbonyl (C=O) groups excluding carboxylic acids is 1. The van der Waals surface area contributed by atoms with E-state index < -0.39 is 0 Å². The van der Waals surface area contributed by atoms with E-state index in [-0.39, 0.29) is 5.91 Å². The fourth-order valence-electron chi connectivity index (χ4n) is 2.12. The highest BCUT2D eigenvalue weighted by molar-refractivity contribution is 6.06. The van der Waals surface area contributed by atoms with Crippen LogP contribution in [0.4, 0.5) is 11.6 Å². The van der Waals surface area contributed by atoms with Crippen LogP contribution in [-0.4, -0.2) is 22.9 Å². The normalized spacial score (nSPS) is 10.3. The smallest absolute Gasteiger partial charge is 0.275 e. The molecule has 5 nitrogen and oxygen atoms in total. The van der Waals surface area contributed by atoms with E-state index in [1.807, 2.05) is 30.3 Å². The Balaban J connectivity index is 1.98. The topological polar surface area (TPSA) is 66.9 Å². The second-order valence-corrected chi connectivity index (χ2v) is 4.50. The van der Waals surface area contributed by atoms with Crippen LogP contribution in [0.1, 0.15) is 10.5 Å². The van der Waals surface area contributed by atoms with E-state index in [1.165, 1.54) is 0 Å². The minimum atomic E-state index is -0.282. The van der Waals surface area contributed by atoms with Crippen molar-refractivity contribution < 1.29 is 4.79 Å². The van der Waals surface area contributed by atoms with Gasteiger partial charge in [-0.1, -0.05) is 30.3 Å². The average molecular weight is 278 g/mol. The molecule has 0 bridgehead atoms. The van der Waals surface area contributed by atoms with Crippen LogP contribution >= 0.6 is 0 Å². The predicted octanol–water partition coefficient (Wildman–Crippen LogP) is 2.92. The van der Waals surface area contributed by atoms with E-state index in [4.69, 9.17) is 0 Å². The first-order chi connectivity index (χ1) is 10.3. The summed E-state index contributed by atoms with van der Waals surface area (Å²) < 4.78 is 0. The molecule has 104 valence electrons. The van der Waals surface area contributed by atoms with Crippen molar-refractivity contribution in [2.45, 2.75) is 0 Å². The summed E-state index contributed by atoms with van der Waals surface area (Å²) >= 11 is 0. The maximum absolute atomic E-state index is 12.3. The van der Waals surface area contributed by atoms with Crippen LogP contribution in [0, 0.1) is 0 Å². The van der Waals surface area contributed by atoms with Crippen LogP contribution in [0.5, 0.6) is 0 Å². The van der Waals surface area contributed by atoms with Crippen LogP contribution in [0.2, 0.25) is 0 Å². The second-order valence-electron chi connectivity index (χ2n) is 4.50. The molecule has 5 heteroatoms. The number of hydrogen-bond acceptors (Lipinski definition) is 4. The molecule has 0 spiro atoms. The molecule has 0 aliphatic heterocycles. The van der Waals surface area contributed by atoms with Gasteiger partial charge in [0.1, 0.15) is 17.3 Å². The first kappa shape index (κ1) is 13.1. The molecule has 2 heterocycles. The van der Waals surface area contributed by atoms with Gasteiger partial charge in [0.2, 0.25) is 0 Å². The lowest BCUT2D eigenvalue weighted by atomic mass is 10.1. The number of anilines is 2. The van der Waals surface area contributed by atoms with Gasteiger partial charge in [0.05, 0.1) is 0 Å². The molecule has 0 aliphatic rings. The molecule has 0 radical (unpaired) electrons. The summed E-state index contributed by atoms with van der Waals surface area (Å²) in [6.07, 6.45) is 1.63. The van der Waals surface area contributed by atoms with Crippen molar-refractivity contribution in [3.8, 4) is 0 Å². The first-order valence-corrected chi connectivity index (χ1v) is 6.58. The number of rotatable bonds is 3. The number of benzene rings is 1. The molecule has 0 fully saturated rings. The summed E-state index contributed by atoms with van der Waals surface area (Å²) in [4.78, 5) is 20.7. The van der Waals surface area contributed by atoms with Gasteiger partial charge in [-0.2, -0.15) is 0 Å². The number of fused-ring (bicyclic) bond motifs is 1. The largest absolute Gasteiger partial charge is 0.373 e. The minimum Gasteiger partial charge on any atom is -0.373 e. The zero-order valence-electron chi connectivity index (χ0n) is 11.5. The first-order valence-electron chi connectivity index (χ1n) is 6.58. The van der Waals surface area contributed by atoms with Gasteiger partial charge in [-0.15, -0.1) is 0 Å². The summed E-state index contributed by atoms with van der Waals surface area (Å²) in [6.45, 7) is 0. The lowest BCUT2D eigenvalue weighted by molar-refractivity contribution is 0.102. The maximum Gasteiger partial charge on any atom is 0.275 e. The number of hydrogen-bond donors (Lipinski definition) is 2. The molecule has 3 rings (SSSR count). The molecule has 3 aromatic rings. The van der Waals surface area contributed by atoms with Gasteiger partial charge < -0.3 is 10.6 Å². The molecule has 0 atom stereocenters. The Morgan fingerprint density at radius 2 is 1.90 bits per heavy atom. The molecule has 21 heavy (non-hydrogen) atoms. The summed E-state index contributed by atoms with van der Waals surface area (Å²) in [6, 6.07) is 14.9. The standard InChI is InChI=1S/C16H14N4O/c1-17-15-12-7-3-2-6-11(12)10-13(19-15)16(21)20-14-8-4-5-9-18-14/h2-10H,1H3,(H,17,19)(H,18,20,21). The van der Waals surface area contributed by atoms with Crippen molar-refractivity contribution in [1.82, 2.24) is 9.97 Å². The van der Waals surface area contributed by atoms with Crippen molar-refractivity contribution in [3.05, 3.63) is 60.4 Å². The highest BCUT2D eigenvalue weighted by atomic mass is 16.1. The van der Waals surface area contributed by atoms with Crippen LogP contribution in [0.25, 0.3) is 10.8 Å². The van der Waals surface area contributed by atoms with Gasteiger partial charge in [0.25, 0.3) is 5.91 Å². The maximum atomic E-state index is 12.3.